The Balaban J connectivity index is 1.45. The van der Waals surface area contributed by atoms with Crippen molar-refractivity contribution < 1.29 is 4.79 Å². The van der Waals surface area contributed by atoms with Gasteiger partial charge in [-0.25, -0.2) is 4.98 Å². The van der Waals surface area contributed by atoms with Gasteiger partial charge in [-0.3, -0.25) is 9.59 Å². The van der Waals surface area contributed by atoms with E-state index in [2.05, 4.69) is 39.6 Å². The number of aryl methyl sites for hydroxylation is 3. The van der Waals surface area contributed by atoms with E-state index in [9.17, 15) is 9.59 Å². The average molecular weight is 323 g/mol. The fraction of sp³-hybridized carbons (Fsp3) is 0.421. The van der Waals surface area contributed by atoms with Crippen LogP contribution in [0.3, 0.4) is 0 Å². The van der Waals surface area contributed by atoms with E-state index in [0.717, 1.165) is 6.42 Å². The smallest absolute Gasteiger partial charge is 0.279 e. The van der Waals surface area contributed by atoms with E-state index < -0.39 is 5.56 Å². The van der Waals surface area contributed by atoms with E-state index in [-0.39, 0.29) is 11.6 Å². The summed E-state index contributed by atoms with van der Waals surface area (Å²) in [5.41, 5.74) is 3.79. The van der Waals surface area contributed by atoms with Crippen LogP contribution in [0.25, 0.3) is 0 Å². The number of carbonyl (C=O) groups excluding carboxylic acids is 1. The molecule has 1 amide bonds. The molecule has 2 aromatic rings. The number of benzene rings is 1. The van der Waals surface area contributed by atoms with Crippen LogP contribution in [0.4, 0.5) is 0 Å². The highest BCUT2D eigenvalue weighted by Gasteiger charge is 2.52. The second-order valence-corrected chi connectivity index (χ2v) is 6.93. The third-order valence-electron chi connectivity index (χ3n) is 5.54. The molecule has 1 fully saturated rings. The van der Waals surface area contributed by atoms with E-state index >= 15 is 0 Å². The van der Waals surface area contributed by atoms with Gasteiger partial charge in [0.15, 0.2) is 5.69 Å². The Hall–Kier alpha value is -2.43. The Kier molecular flexibility index (Phi) is 3.52. The minimum Gasteiger partial charge on any atom is -0.350 e. The van der Waals surface area contributed by atoms with Crippen molar-refractivity contribution in [1.29, 1.82) is 0 Å². The number of carbonyl (C=O) groups is 1. The van der Waals surface area contributed by atoms with Gasteiger partial charge in [0.25, 0.3) is 11.5 Å². The van der Waals surface area contributed by atoms with Crippen molar-refractivity contribution in [3.05, 3.63) is 62.8 Å². The lowest BCUT2D eigenvalue weighted by molar-refractivity contribution is 0.0944. The molecule has 0 aliphatic heterocycles. The van der Waals surface area contributed by atoms with Crippen molar-refractivity contribution in [1.82, 2.24) is 15.3 Å². The van der Waals surface area contributed by atoms with Gasteiger partial charge in [-0.1, -0.05) is 24.3 Å². The Bertz CT molecular complexity index is 871. The molecule has 1 heterocycles. The Morgan fingerprint density at radius 2 is 2.12 bits per heavy atom. The molecule has 24 heavy (non-hydrogen) atoms. The van der Waals surface area contributed by atoms with Crippen molar-refractivity contribution in [3.63, 3.8) is 0 Å². The molecule has 2 aliphatic carbocycles. The van der Waals surface area contributed by atoms with Crippen LogP contribution in [-0.2, 0) is 6.42 Å². The second-order valence-electron chi connectivity index (χ2n) is 6.93. The first-order valence-corrected chi connectivity index (χ1v) is 8.50. The van der Waals surface area contributed by atoms with Crippen LogP contribution >= 0.6 is 0 Å². The van der Waals surface area contributed by atoms with Crippen LogP contribution in [0, 0.1) is 25.7 Å². The molecule has 1 aromatic heterocycles. The summed E-state index contributed by atoms with van der Waals surface area (Å²) in [6, 6.07) is 8.60. The van der Waals surface area contributed by atoms with Gasteiger partial charge >= 0.3 is 0 Å². The van der Waals surface area contributed by atoms with Gasteiger partial charge in [0, 0.05) is 12.2 Å². The van der Waals surface area contributed by atoms with Gasteiger partial charge in [0.2, 0.25) is 0 Å². The number of nitrogens with one attached hydrogen (secondary N) is 2. The molecule has 0 unspecified atom stereocenters. The minimum atomic E-state index is -0.422. The second kappa shape index (κ2) is 5.58. The number of fused-ring (bicyclic) bond motifs is 3. The maximum atomic E-state index is 12.3. The van der Waals surface area contributed by atoms with Crippen LogP contribution in [0.1, 0.15) is 45.3 Å². The van der Waals surface area contributed by atoms with Crippen molar-refractivity contribution >= 4 is 5.91 Å². The summed E-state index contributed by atoms with van der Waals surface area (Å²) in [5, 5.41) is 2.91. The van der Waals surface area contributed by atoms with Gasteiger partial charge in [-0.05, 0) is 55.6 Å². The van der Waals surface area contributed by atoms with Gasteiger partial charge in [-0.15, -0.1) is 0 Å². The Labute approximate surface area is 140 Å². The maximum Gasteiger partial charge on any atom is 0.279 e. The quantitative estimate of drug-likeness (QED) is 0.908. The third-order valence-corrected chi connectivity index (χ3v) is 5.54. The minimum absolute atomic E-state index is 0.0397. The van der Waals surface area contributed by atoms with Gasteiger partial charge in [0.05, 0.1) is 5.69 Å². The highest BCUT2D eigenvalue weighted by Crippen LogP contribution is 2.59. The molecule has 5 nitrogen and oxygen atoms in total. The normalized spacial score (nSPS) is 24.0. The summed E-state index contributed by atoms with van der Waals surface area (Å²) in [5.74, 6) is 1.31. The zero-order chi connectivity index (χ0) is 16.8. The zero-order valence-corrected chi connectivity index (χ0v) is 13.9. The molecular formula is C19H21N3O2. The number of H-pyrrole nitrogens is 1. The summed E-state index contributed by atoms with van der Waals surface area (Å²) in [6.07, 6.45) is 2.31. The standard InChI is InChI=1S/C19H21N3O2/c1-10-11(2)22-19(24)17(21-10)18(23)20-9-15-14-8-7-12-5-3-4-6-13(12)16(14)15/h3-6,14-16H,7-9H2,1-2H3,(H,20,23)(H,22,24)/t14-,15-,16+/m1/s1. The summed E-state index contributed by atoms with van der Waals surface area (Å²) < 4.78 is 0. The fourth-order valence-corrected chi connectivity index (χ4v) is 4.06. The van der Waals surface area contributed by atoms with E-state index in [0.29, 0.717) is 35.7 Å². The molecule has 4 rings (SSSR count). The summed E-state index contributed by atoms with van der Waals surface area (Å²) in [6.45, 7) is 4.17. The molecule has 2 N–H and O–H groups in total. The first-order valence-electron chi connectivity index (χ1n) is 8.50. The largest absolute Gasteiger partial charge is 0.350 e. The van der Waals surface area contributed by atoms with E-state index in [1.807, 2.05) is 0 Å². The number of nitrogens with zero attached hydrogens (tertiary/aromatic N) is 1. The molecule has 0 radical (unpaired) electrons. The lowest BCUT2D eigenvalue weighted by Gasteiger charge is -2.13. The van der Waals surface area contributed by atoms with Crippen molar-refractivity contribution in [2.75, 3.05) is 6.54 Å². The molecule has 1 saturated carbocycles. The van der Waals surface area contributed by atoms with Crippen molar-refractivity contribution in [2.45, 2.75) is 32.6 Å². The number of rotatable bonds is 3. The topological polar surface area (TPSA) is 74.8 Å². The van der Waals surface area contributed by atoms with E-state index in [4.69, 9.17) is 0 Å². The Morgan fingerprint density at radius 3 is 2.96 bits per heavy atom. The van der Waals surface area contributed by atoms with Crippen molar-refractivity contribution in [3.8, 4) is 0 Å². The molecule has 0 saturated heterocycles. The first-order chi connectivity index (χ1) is 11.6. The third kappa shape index (κ3) is 2.44. The number of hydrogen-bond donors (Lipinski definition) is 2. The molecule has 2 aliphatic rings. The molecule has 3 atom stereocenters. The molecular weight excluding hydrogens is 302 g/mol. The molecule has 5 heteroatoms. The van der Waals surface area contributed by atoms with Gasteiger partial charge in [0.1, 0.15) is 0 Å². The molecule has 0 bridgehead atoms. The predicted molar refractivity (Wildman–Crippen MR) is 91.1 cm³/mol. The fourth-order valence-electron chi connectivity index (χ4n) is 4.06. The highest BCUT2D eigenvalue weighted by molar-refractivity contribution is 5.91. The first kappa shape index (κ1) is 15.1. The van der Waals surface area contributed by atoms with E-state index in [1.54, 1.807) is 13.8 Å². The zero-order valence-electron chi connectivity index (χ0n) is 13.9. The van der Waals surface area contributed by atoms with Crippen LogP contribution in [0.15, 0.2) is 29.1 Å². The van der Waals surface area contributed by atoms with Gasteiger partial charge in [-0.2, -0.15) is 0 Å². The van der Waals surface area contributed by atoms with Crippen LogP contribution in [0.5, 0.6) is 0 Å². The SMILES string of the molecule is Cc1nc(C(=O)NC[C@@H]2[C@H]3CCc4ccccc4[C@@H]32)c(=O)[nH]c1C. The van der Waals surface area contributed by atoms with Crippen molar-refractivity contribution in [2.24, 2.45) is 11.8 Å². The molecule has 1 aromatic carbocycles. The Morgan fingerprint density at radius 1 is 1.33 bits per heavy atom. The van der Waals surface area contributed by atoms with Crippen LogP contribution in [-0.4, -0.2) is 22.4 Å². The maximum absolute atomic E-state index is 12.3. The summed E-state index contributed by atoms with van der Waals surface area (Å²) >= 11 is 0. The van der Waals surface area contributed by atoms with Crippen LogP contribution < -0.4 is 10.9 Å². The number of aromatic amines is 1. The molecule has 0 spiro atoms. The summed E-state index contributed by atoms with van der Waals surface area (Å²) in [7, 11) is 0. The monoisotopic (exact) mass is 323 g/mol. The highest BCUT2D eigenvalue weighted by atomic mass is 16.2. The number of hydrogen-bond acceptors (Lipinski definition) is 3. The molecule has 124 valence electrons. The average Bonchev–Trinajstić information content (AvgIpc) is 3.30. The lowest BCUT2D eigenvalue weighted by atomic mass is 9.92. The van der Waals surface area contributed by atoms with Crippen LogP contribution in [0.2, 0.25) is 0 Å². The van der Waals surface area contributed by atoms with Gasteiger partial charge < -0.3 is 10.3 Å². The number of amides is 1. The predicted octanol–water partition coefficient (Wildman–Crippen LogP) is 2.09. The summed E-state index contributed by atoms with van der Waals surface area (Å²) in [4.78, 5) is 31.1. The lowest BCUT2D eigenvalue weighted by Crippen LogP contribution is -2.33. The van der Waals surface area contributed by atoms with E-state index in [1.165, 1.54) is 17.5 Å². The number of aromatic nitrogens is 2.